The van der Waals surface area contributed by atoms with Crippen LogP contribution in [0.2, 0.25) is 0 Å². The third-order valence-electron chi connectivity index (χ3n) is 2.11. The minimum absolute atomic E-state index is 0.106. The van der Waals surface area contributed by atoms with Gasteiger partial charge in [-0.05, 0) is 26.7 Å². The standard InChI is InChI=1S/C11H16N2S/c1-4-5-6-7-10(12)11-8(2)13-9(3)14-11/h1,10H,5-7,12H2,2-3H3. The molecule has 1 aromatic rings. The van der Waals surface area contributed by atoms with Gasteiger partial charge in [0.25, 0.3) is 0 Å². The van der Waals surface area contributed by atoms with Crippen LogP contribution < -0.4 is 5.73 Å². The first-order valence-electron chi connectivity index (χ1n) is 4.78. The molecule has 1 rings (SSSR count). The molecule has 1 aromatic heterocycles. The smallest absolute Gasteiger partial charge is 0.0900 e. The van der Waals surface area contributed by atoms with Gasteiger partial charge in [0.1, 0.15) is 0 Å². The second-order valence-corrected chi connectivity index (χ2v) is 4.62. The van der Waals surface area contributed by atoms with Crippen molar-refractivity contribution in [1.29, 1.82) is 0 Å². The normalized spacial score (nSPS) is 12.4. The molecule has 0 saturated heterocycles. The van der Waals surface area contributed by atoms with E-state index in [1.54, 1.807) is 11.3 Å². The van der Waals surface area contributed by atoms with Crippen LogP contribution in [-0.4, -0.2) is 4.98 Å². The Balaban J connectivity index is 2.56. The van der Waals surface area contributed by atoms with Crippen LogP contribution in [0, 0.1) is 26.2 Å². The molecular weight excluding hydrogens is 192 g/mol. The molecule has 0 aliphatic carbocycles. The fourth-order valence-electron chi connectivity index (χ4n) is 1.45. The molecule has 0 spiro atoms. The first kappa shape index (κ1) is 11.2. The van der Waals surface area contributed by atoms with Gasteiger partial charge in [-0.1, -0.05) is 0 Å². The van der Waals surface area contributed by atoms with E-state index in [4.69, 9.17) is 12.2 Å². The Kier molecular flexibility index (Phi) is 4.12. The Morgan fingerprint density at radius 3 is 2.79 bits per heavy atom. The second-order valence-electron chi connectivity index (χ2n) is 3.39. The Bertz CT molecular complexity index is 336. The van der Waals surface area contributed by atoms with E-state index in [9.17, 15) is 0 Å². The molecule has 1 heterocycles. The number of nitrogens with two attached hydrogens (primary N) is 1. The predicted octanol–water partition coefficient (Wildman–Crippen LogP) is 2.56. The van der Waals surface area contributed by atoms with Crippen molar-refractivity contribution >= 4 is 11.3 Å². The Hall–Kier alpha value is -0.850. The van der Waals surface area contributed by atoms with Gasteiger partial charge >= 0.3 is 0 Å². The largest absolute Gasteiger partial charge is 0.323 e. The summed E-state index contributed by atoms with van der Waals surface area (Å²) in [5, 5.41) is 1.09. The zero-order chi connectivity index (χ0) is 10.6. The van der Waals surface area contributed by atoms with Crippen LogP contribution in [0.4, 0.5) is 0 Å². The fraction of sp³-hybridized carbons (Fsp3) is 0.545. The molecule has 0 aliphatic rings. The summed E-state index contributed by atoms with van der Waals surface area (Å²) in [5.41, 5.74) is 7.12. The number of thiazole rings is 1. The maximum atomic E-state index is 6.05. The van der Waals surface area contributed by atoms with Gasteiger partial charge in [-0.15, -0.1) is 23.7 Å². The number of rotatable bonds is 4. The van der Waals surface area contributed by atoms with E-state index in [0.717, 1.165) is 30.0 Å². The van der Waals surface area contributed by atoms with Crippen molar-refractivity contribution in [2.75, 3.05) is 0 Å². The highest BCUT2D eigenvalue weighted by Crippen LogP contribution is 2.26. The van der Waals surface area contributed by atoms with Crippen molar-refractivity contribution in [3.05, 3.63) is 15.6 Å². The third kappa shape index (κ3) is 2.83. The maximum absolute atomic E-state index is 6.05. The molecule has 3 heteroatoms. The fourth-order valence-corrected chi connectivity index (χ4v) is 2.41. The molecule has 0 aliphatic heterocycles. The van der Waals surface area contributed by atoms with E-state index in [-0.39, 0.29) is 6.04 Å². The lowest BCUT2D eigenvalue weighted by Crippen LogP contribution is -2.09. The number of aryl methyl sites for hydroxylation is 2. The van der Waals surface area contributed by atoms with Gasteiger partial charge in [0.15, 0.2) is 0 Å². The quantitative estimate of drug-likeness (QED) is 0.610. The van der Waals surface area contributed by atoms with Crippen molar-refractivity contribution < 1.29 is 0 Å². The summed E-state index contributed by atoms with van der Waals surface area (Å²) in [7, 11) is 0. The van der Waals surface area contributed by atoms with Gasteiger partial charge in [-0.2, -0.15) is 0 Å². The number of aromatic nitrogens is 1. The summed E-state index contributed by atoms with van der Waals surface area (Å²) in [5.74, 6) is 2.63. The molecule has 1 unspecified atom stereocenters. The van der Waals surface area contributed by atoms with Crippen LogP contribution in [0.5, 0.6) is 0 Å². The summed E-state index contributed by atoms with van der Waals surface area (Å²) >= 11 is 1.69. The van der Waals surface area contributed by atoms with Crippen LogP contribution in [0.1, 0.15) is 40.9 Å². The highest BCUT2D eigenvalue weighted by atomic mass is 32.1. The summed E-state index contributed by atoms with van der Waals surface area (Å²) in [6.45, 7) is 4.02. The summed E-state index contributed by atoms with van der Waals surface area (Å²) < 4.78 is 0. The van der Waals surface area contributed by atoms with Gasteiger partial charge in [-0.3, -0.25) is 0 Å². The van der Waals surface area contributed by atoms with Crippen molar-refractivity contribution in [2.24, 2.45) is 5.73 Å². The molecule has 0 bridgehead atoms. The third-order valence-corrected chi connectivity index (χ3v) is 3.32. The van der Waals surface area contributed by atoms with Gasteiger partial charge in [0.05, 0.1) is 10.7 Å². The monoisotopic (exact) mass is 208 g/mol. The lowest BCUT2D eigenvalue weighted by molar-refractivity contribution is 0.626. The van der Waals surface area contributed by atoms with Crippen LogP contribution in [0.25, 0.3) is 0 Å². The zero-order valence-electron chi connectivity index (χ0n) is 8.71. The molecule has 1 atom stereocenters. The average Bonchev–Trinajstić information content (AvgIpc) is 2.45. The SMILES string of the molecule is C#CCCCC(N)c1sc(C)nc1C. The Morgan fingerprint density at radius 1 is 1.57 bits per heavy atom. The highest BCUT2D eigenvalue weighted by Gasteiger charge is 2.12. The van der Waals surface area contributed by atoms with Crippen LogP contribution in [-0.2, 0) is 0 Å². The number of unbranched alkanes of at least 4 members (excludes halogenated alkanes) is 1. The van der Waals surface area contributed by atoms with E-state index in [1.165, 1.54) is 4.88 Å². The molecular formula is C11H16N2S. The first-order valence-corrected chi connectivity index (χ1v) is 5.59. The zero-order valence-corrected chi connectivity index (χ0v) is 9.53. The molecule has 0 amide bonds. The predicted molar refractivity (Wildman–Crippen MR) is 61.2 cm³/mol. The molecule has 0 aromatic carbocycles. The van der Waals surface area contributed by atoms with Gasteiger partial charge in [0.2, 0.25) is 0 Å². The molecule has 0 fully saturated rings. The molecule has 0 radical (unpaired) electrons. The molecule has 0 saturated carbocycles. The molecule has 76 valence electrons. The van der Waals surface area contributed by atoms with E-state index in [2.05, 4.69) is 10.9 Å². The average molecular weight is 208 g/mol. The Morgan fingerprint density at radius 2 is 2.29 bits per heavy atom. The summed E-state index contributed by atoms with van der Waals surface area (Å²) in [4.78, 5) is 5.57. The number of terminal acetylenes is 1. The van der Waals surface area contributed by atoms with E-state index in [1.807, 2.05) is 13.8 Å². The summed E-state index contributed by atoms with van der Waals surface area (Å²) in [6, 6.07) is 0.106. The summed E-state index contributed by atoms with van der Waals surface area (Å²) in [6.07, 6.45) is 7.94. The lowest BCUT2D eigenvalue weighted by Gasteiger charge is -2.08. The topological polar surface area (TPSA) is 38.9 Å². The maximum Gasteiger partial charge on any atom is 0.0900 e. The van der Waals surface area contributed by atoms with E-state index >= 15 is 0 Å². The molecule has 14 heavy (non-hydrogen) atoms. The second kappa shape index (κ2) is 5.14. The minimum Gasteiger partial charge on any atom is -0.323 e. The van der Waals surface area contributed by atoms with Crippen LogP contribution in [0.15, 0.2) is 0 Å². The highest BCUT2D eigenvalue weighted by molar-refractivity contribution is 7.11. The molecule has 2 nitrogen and oxygen atoms in total. The van der Waals surface area contributed by atoms with Crippen LogP contribution in [0.3, 0.4) is 0 Å². The van der Waals surface area contributed by atoms with Crippen molar-refractivity contribution in [1.82, 2.24) is 4.98 Å². The van der Waals surface area contributed by atoms with Gasteiger partial charge in [0, 0.05) is 17.3 Å². The van der Waals surface area contributed by atoms with Gasteiger partial charge in [-0.25, -0.2) is 4.98 Å². The van der Waals surface area contributed by atoms with E-state index in [0.29, 0.717) is 0 Å². The van der Waals surface area contributed by atoms with Crippen LogP contribution >= 0.6 is 11.3 Å². The number of nitrogens with zero attached hydrogens (tertiary/aromatic N) is 1. The molecule has 2 N–H and O–H groups in total. The first-order chi connectivity index (χ1) is 6.65. The van der Waals surface area contributed by atoms with Crippen molar-refractivity contribution in [3.8, 4) is 12.3 Å². The van der Waals surface area contributed by atoms with E-state index < -0.39 is 0 Å². The minimum atomic E-state index is 0.106. The Labute approximate surface area is 89.6 Å². The number of hydrogen-bond acceptors (Lipinski definition) is 3. The number of hydrogen-bond donors (Lipinski definition) is 1. The lowest BCUT2D eigenvalue weighted by atomic mass is 10.1. The van der Waals surface area contributed by atoms with Crippen molar-refractivity contribution in [3.63, 3.8) is 0 Å². The van der Waals surface area contributed by atoms with Crippen molar-refractivity contribution in [2.45, 2.75) is 39.2 Å². The van der Waals surface area contributed by atoms with Gasteiger partial charge < -0.3 is 5.73 Å².